The Morgan fingerprint density at radius 1 is 0.438 bits per heavy atom. The van der Waals surface area contributed by atoms with Crippen LogP contribution in [0.3, 0.4) is 0 Å². The number of nitrogens with one attached hydrogen (secondary N) is 3. The van der Waals surface area contributed by atoms with Gasteiger partial charge in [-0.05, 0) is 6.92 Å². The van der Waals surface area contributed by atoms with Crippen molar-refractivity contribution in [3.8, 4) is 0 Å². The van der Waals surface area contributed by atoms with Gasteiger partial charge in [-0.3, -0.25) is 14.4 Å². The Kier molecular flexibility index (Phi) is 18.5. The molecule has 5 aliphatic rings. The molecule has 0 aromatic rings. The van der Waals surface area contributed by atoms with Gasteiger partial charge in [-0.15, -0.1) is 0 Å². The second kappa shape index (κ2) is 22.6. The van der Waals surface area contributed by atoms with Crippen molar-refractivity contribution in [3.63, 3.8) is 0 Å². The van der Waals surface area contributed by atoms with Crippen LogP contribution in [0.5, 0.6) is 0 Å². The highest BCUT2D eigenvalue weighted by Crippen LogP contribution is 2.35. The lowest BCUT2D eigenvalue weighted by Crippen LogP contribution is -2.70. The topological polar surface area (TPSA) is 433 Å². The minimum absolute atomic E-state index is 0.707. The van der Waals surface area contributed by atoms with Gasteiger partial charge >= 0.3 is 0 Å². The maximum absolute atomic E-state index is 12.5. The van der Waals surface area contributed by atoms with Crippen LogP contribution >= 0.6 is 0 Å². The van der Waals surface area contributed by atoms with Crippen LogP contribution in [0, 0.1) is 0 Å². The first-order valence-electron chi connectivity index (χ1n) is 20.4. The van der Waals surface area contributed by atoms with Gasteiger partial charge in [-0.25, -0.2) is 0 Å². The molecule has 4 unspecified atom stereocenters. The number of aliphatic hydroxyl groups excluding tert-OH is 13. The van der Waals surface area contributed by atoms with E-state index in [0.717, 1.165) is 20.8 Å². The molecule has 25 atom stereocenters. The number of amides is 3. The van der Waals surface area contributed by atoms with Gasteiger partial charge in [0.15, 0.2) is 31.5 Å². The average Bonchev–Trinajstić information content (AvgIpc) is 3.24. The Morgan fingerprint density at radius 2 is 0.922 bits per heavy atom. The predicted octanol–water partition coefficient (Wildman–Crippen LogP) is -10.5. The molecule has 5 heterocycles. The third-order valence-electron chi connectivity index (χ3n) is 11.5. The van der Waals surface area contributed by atoms with E-state index in [1.165, 1.54) is 6.92 Å². The zero-order chi connectivity index (χ0) is 47.5. The number of ether oxygens (including phenoxy) is 9. The molecule has 0 saturated carbocycles. The molecule has 28 heteroatoms. The summed E-state index contributed by atoms with van der Waals surface area (Å²) in [4.78, 5) is 36.7. The number of carbonyl (C=O) groups excluding carboxylic acids is 3. The molecule has 64 heavy (non-hydrogen) atoms. The maximum atomic E-state index is 12.5. The largest absolute Gasteiger partial charge is 0.394 e. The lowest BCUT2D eigenvalue weighted by Gasteiger charge is -2.49. The van der Waals surface area contributed by atoms with E-state index in [-0.39, 0.29) is 0 Å². The fraction of sp³-hybridized carbons (Fsp3) is 0.917. The van der Waals surface area contributed by atoms with E-state index in [2.05, 4.69) is 16.0 Å². The number of rotatable bonds is 15. The summed E-state index contributed by atoms with van der Waals surface area (Å²) < 4.78 is 51.7. The van der Waals surface area contributed by atoms with Gasteiger partial charge in [0.25, 0.3) is 0 Å². The smallest absolute Gasteiger partial charge is 0.217 e. The van der Waals surface area contributed by atoms with E-state index in [9.17, 15) is 80.8 Å². The summed E-state index contributed by atoms with van der Waals surface area (Å²) in [6, 6.07) is -4.69. The summed E-state index contributed by atoms with van der Waals surface area (Å²) in [6.07, 6.45) is -38.1. The van der Waals surface area contributed by atoms with Crippen LogP contribution in [0.1, 0.15) is 27.7 Å². The molecule has 16 N–H and O–H groups in total. The SMILES string of the molecule is CC(=O)N[C@@H]1[C@@H](OC2O[C@H](CO)[C@@H](O)[C@H](O)[C@H]2NC(C)=O)[C@@H](O)[C@@H](COC2O[C@H](CO)[C@@H](OC3O[C@H](CO)[C@H](O)[C@H](O)[C@H]3OC3O[C@@H](C)[C@@H](O)[C@@H](O)[C@@H]3O)[C@H](O)[C@H]2NC(C)=O)O[C@@H]1O. The lowest BCUT2D eigenvalue weighted by molar-refractivity contribution is -0.383. The van der Waals surface area contributed by atoms with Gasteiger partial charge in [0.2, 0.25) is 17.7 Å². The van der Waals surface area contributed by atoms with Gasteiger partial charge in [0.1, 0.15) is 116 Å². The number of hydrogen-bond donors (Lipinski definition) is 16. The highest BCUT2D eigenvalue weighted by atomic mass is 16.8. The first kappa shape index (κ1) is 52.5. The molecular weight excluding hydrogens is 874 g/mol. The van der Waals surface area contributed by atoms with Crippen LogP contribution in [0.25, 0.3) is 0 Å². The van der Waals surface area contributed by atoms with E-state index in [4.69, 9.17) is 42.6 Å². The van der Waals surface area contributed by atoms with Gasteiger partial charge in [0, 0.05) is 20.8 Å². The molecule has 28 nitrogen and oxygen atoms in total. The molecule has 370 valence electrons. The summed E-state index contributed by atoms with van der Waals surface area (Å²) in [7, 11) is 0. The molecule has 5 rings (SSSR count). The molecule has 5 saturated heterocycles. The standard InChI is InChI=1S/C36H61N3O25/c1-9-20(46)26(52)28(54)35(57-9)64-31-27(53)22(48)14(6-41)60-36(31)62-29-15(7-42)61-33(18(25(29)51)38-11(3)44)56-8-16-23(49)30(19(32(55)58-16)39-12(4)45)63-34-17(37-10(2)43)24(50)21(47)13(5-40)59-34/h9,13-36,40-42,46-55H,5-8H2,1-4H3,(H,37,43)(H,38,44)(H,39,45)/t9-,13+,14+,15+,16+,17+,18+,19+,20+,21+,22-,23-,24+,25+,26+,27-,28-,29+,30+,31+,32-,33?,34?,35?,36?/m0/s1. The van der Waals surface area contributed by atoms with Crippen molar-refractivity contribution in [1.29, 1.82) is 0 Å². The van der Waals surface area contributed by atoms with Crippen molar-refractivity contribution in [2.45, 2.75) is 181 Å². The minimum Gasteiger partial charge on any atom is -0.394 e. The Hall–Kier alpha value is -2.47. The zero-order valence-corrected chi connectivity index (χ0v) is 35.0. The van der Waals surface area contributed by atoms with Crippen LogP contribution in [-0.4, -0.2) is 264 Å². The van der Waals surface area contributed by atoms with Crippen molar-refractivity contribution >= 4 is 17.7 Å². The first-order valence-corrected chi connectivity index (χ1v) is 20.4. The molecule has 0 aromatic carbocycles. The highest BCUT2D eigenvalue weighted by molar-refractivity contribution is 5.74. The van der Waals surface area contributed by atoms with Gasteiger partial charge < -0.3 is 125 Å². The average molecular weight is 936 g/mol. The quantitative estimate of drug-likeness (QED) is 0.0725. The number of carbonyl (C=O) groups is 3. The molecule has 0 aliphatic carbocycles. The van der Waals surface area contributed by atoms with Gasteiger partial charge in [-0.2, -0.15) is 0 Å². The van der Waals surface area contributed by atoms with Crippen molar-refractivity contribution in [1.82, 2.24) is 16.0 Å². The van der Waals surface area contributed by atoms with E-state index < -0.39 is 197 Å². The number of hydrogen-bond acceptors (Lipinski definition) is 25. The molecule has 0 spiro atoms. The molecular formula is C36H61N3O25. The zero-order valence-electron chi connectivity index (χ0n) is 35.0. The first-order chi connectivity index (χ1) is 30.1. The second-order valence-electron chi connectivity index (χ2n) is 16.2. The summed E-state index contributed by atoms with van der Waals surface area (Å²) >= 11 is 0. The molecule has 0 radical (unpaired) electrons. The maximum Gasteiger partial charge on any atom is 0.217 e. The normalized spacial score (nSPS) is 47.7. The molecule has 0 aromatic heterocycles. The van der Waals surface area contributed by atoms with E-state index >= 15 is 0 Å². The van der Waals surface area contributed by atoms with Crippen LogP contribution in [-0.2, 0) is 57.0 Å². The molecule has 5 aliphatic heterocycles. The van der Waals surface area contributed by atoms with E-state index in [1.807, 2.05) is 0 Å². The minimum atomic E-state index is -1.97. The highest BCUT2D eigenvalue weighted by Gasteiger charge is 2.56. The fourth-order valence-corrected chi connectivity index (χ4v) is 8.06. The van der Waals surface area contributed by atoms with Gasteiger partial charge in [0.05, 0.1) is 32.5 Å². The number of aliphatic hydroxyl groups is 13. The van der Waals surface area contributed by atoms with Crippen LogP contribution in [0.15, 0.2) is 0 Å². The van der Waals surface area contributed by atoms with Crippen molar-refractivity contribution in [2.24, 2.45) is 0 Å². The van der Waals surface area contributed by atoms with Gasteiger partial charge in [-0.1, -0.05) is 0 Å². The summed E-state index contributed by atoms with van der Waals surface area (Å²) in [5, 5.41) is 146. The molecule has 3 amide bonds. The Labute approximate surface area is 364 Å². The molecule has 5 fully saturated rings. The monoisotopic (exact) mass is 935 g/mol. The molecule has 0 bridgehead atoms. The summed E-state index contributed by atoms with van der Waals surface area (Å²) in [5.41, 5.74) is 0. The van der Waals surface area contributed by atoms with E-state index in [0.29, 0.717) is 0 Å². The van der Waals surface area contributed by atoms with Crippen LogP contribution < -0.4 is 16.0 Å². The predicted molar refractivity (Wildman–Crippen MR) is 200 cm³/mol. The third kappa shape index (κ3) is 11.6. The van der Waals surface area contributed by atoms with Crippen molar-refractivity contribution in [3.05, 3.63) is 0 Å². The second-order valence-corrected chi connectivity index (χ2v) is 16.2. The Morgan fingerprint density at radius 3 is 1.48 bits per heavy atom. The third-order valence-corrected chi connectivity index (χ3v) is 11.5. The van der Waals surface area contributed by atoms with Crippen LogP contribution in [0.4, 0.5) is 0 Å². The van der Waals surface area contributed by atoms with Crippen LogP contribution in [0.2, 0.25) is 0 Å². The summed E-state index contributed by atoms with van der Waals surface area (Å²) in [6.45, 7) is 1.13. The Balaban J connectivity index is 1.36. The fourth-order valence-electron chi connectivity index (χ4n) is 8.06. The van der Waals surface area contributed by atoms with E-state index in [1.54, 1.807) is 0 Å². The van der Waals surface area contributed by atoms with Crippen molar-refractivity contribution in [2.75, 3.05) is 26.4 Å². The van der Waals surface area contributed by atoms with Crippen molar-refractivity contribution < 1.29 is 123 Å². The Bertz CT molecular complexity index is 1540. The lowest BCUT2D eigenvalue weighted by atomic mass is 9.94. The summed E-state index contributed by atoms with van der Waals surface area (Å²) in [5.74, 6) is -2.20.